The lowest BCUT2D eigenvalue weighted by Crippen LogP contribution is -2.53. The number of alkyl halides is 8. The van der Waals surface area contributed by atoms with Gasteiger partial charge in [-0.1, -0.05) is 13.3 Å². The maximum absolute atomic E-state index is 13.2. The monoisotopic (exact) mass is 368 g/mol. The van der Waals surface area contributed by atoms with Crippen LogP contribution in [0.3, 0.4) is 0 Å². The minimum absolute atomic E-state index is 0.215. The van der Waals surface area contributed by atoms with Crippen molar-refractivity contribution in [2.75, 3.05) is 0 Å². The molecule has 0 saturated heterocycles. The highest BCUT2D eigenvalue weighted by Crippen LogP contribution is 2.44. The molecule has 0 saturated carbocycles. The summed E-state index contributed by atoms with van der Waals surface area (Å²) in [6, 6.07) is 0. The van der Waals surface area contributed by atoms with E-state index in [4.69, 9.17) is 4.55 Å². The van der Waals surface area contributed by atoms with E-state index >= 15 is 0 Å². The van der Waals surface area contributed by atoms with Gasteiger partial charge in [-0.2, -0.15) is 39.2 Å². The molecule has 0 amide bonds. The van der Waals surface area contributed by atoms with Gasteiger partial charge in [-0.05, 0) is 6.42 Å². The number of hydrogen-bond acceptors (Lipinski definition) is 3. The second-order valence-corrected chi connectivity index (χ2v) is 5.83. The minimum Gasteiger partial charge on any atom is -0.293 e. The van der Waals surface area contributed by atoms with E-state index < -0.39 is 52.8 Å². The predicted molar refractivity (Wildman–Crippen MR) is 56.8 cm³/mol. The number of halogens is 8. The minimum atomic E-state index is -5.96. The second-order valence-electron chi connectivity index (χ2n) is 4.28. The van der Waals surface area contributed by atoms with Crippen molar-refractivity contribution in [2.45, 2.75) is 56.0 Å². The maximum Gasteiger partial charge on any atom is 0.423 e. The smallest absolute Gasteiger partial charge is 0.293 e. The van der Waals surface area contributed by atoms with Crippen molar-refractivity contribution in [2.24, 2.45) is 0 Å². The van der Waals surface area contributed by atoms with Crippen LogP contribution < -0.4 is 0 Å². The van der Waals surface area contributed by atoms with Crippen molar-refractivity contribution in [1.82, 2.24) is 0 Å². The summed E-state index contributed by atoms with van der Waals surface area (Å²) in [6.07, 6.45) is -19.7. The number of hydrogen-bond donors (Lipinski definition) is 1. The van der Waals surface area contributed by atoms with E-state index in [9.17, 15) is 43.5 Å². The molecule has 0 radical (unpaired) electrons. The van der Waals surface area contributed by atoms with Gasteiger partial charge < -0.3 is 0 Å². The zero-order chi connectivity index (χ0) is 18.0. The maximum atomic E-state index is 13.2. The SMILES string of the molecule is CCCC(OC(F)(F)C(F)(F)C(F)CC(F)(F)F)S(=O)(=O)O. The average Bonchev–Trinajstić information content (AvgIpc) is 2.24. The van der Waals surface area contributed by atoms with Gasteiger partial charge in [0.2, 0.25) is 0 Å². The largest absolute Gasteiger partial charge is 0.423 e. The molecule has 4 nitrogen and oxygen atoms in total. The topological polar surface area (TPSA) is 63.6 Å². The van der Waals surface area contributed by atoms with Gasteiger partial charge >= 0.3 is 18.2 Å². The van der Waals surface area contributed by atoms with E-state index in [1.54, 1.807) is 0 Å². The molecule has 0 aromatic heterocycles. The van der Waals surface area contributed by atoms with Crippen molar-refractivity contribution >= 4 is 10.1 Å². The van der Waals surface area contributed by atoms with Crippen LogP contribution in [0.4, 0.5) is 35.1 Å². The highest BCUT2D eigenvalue weighted by atomic mass is 32.2. The summed E-state index contributed by atoms with van der Waals surface area (Å²) in [5.74, 6) is -5.96. The van der Waals surface area contributed by atoms with E-state index in [0.29, 0.717) is 0 Å². The Balaban J connectivity index is 5.33. The Kier molecular flexibility index (Phi) is 6.61. The predicted octanol–water partition coefficient (Wildman–Crippen LogP) is 3.54. The third-order valence-electron chi connectivity index (χ3n) is 2.33. The first kappa shape index (κ1) is 21.3. The van der Waals surface area contributed by atoms with Crippen molar-refractivity contribution < 1.29 is 52.8 Å². The molecule has 13 heteroatoms. The summed E-state index contributed by atoms with van der Waals surface area (Å²) in [5.41, 5.74) is -2.84. The highest BCUT2D eigenvalue weighted by molar-refractivity contribution is 7.86. The molecule has 1 N–H and O–H groups in total. The van der Waals surface area contributed by atoms with Crippen LogP contribution >= 0.6 is 0 Å². The molecule has 0 spiro atoms. The van der Waals surface area contributed by atoms with Gasteiger partial charge in [0.25, 0.3) is 10.1 Å². The molecule has 0 aromatic carbocycles. The molecule has 0 bridgehead atoms. The third kappa shape index (κ3) is 5.83. The fourth-order valence-electron chi connectivity index (χ4n) is 1.26. The Morgan fingerprint density at radius 1 is 1.09 bits per heavy atom. The van der Waals surface area contributed by atoms with Crippen LogP contribution in [0.25, 0.3) is 0 Å². The second kappa shape index (κ2) is 6.83. The van der Waals surface area contributed by atoms with Crippen LogP contribution in [0.5, 0.6) is 0 Å². The van der Waals surface area contributed by atoms with Crippen molar-refractivity contribution in [3.05, 3.63) is 0 Å². The zero-order valence-electron chi connectivity index (χ0n) is 10.9. The highest BCUT2D eigenvalue weighted by Gasteiger charge is 2.66. The molecule has 0 fully saturated rings. The first-order chi connectivity index (χ1) is 9.54. The van der Waals surface area contributed by atoms with Gasteiger partial charge in [0.15, 0.2) is 11.6 Å². The molecular formula is C9H12F8O4S. The van der Waals surface area contributed by atoms with Gasteiger partial charge in [0.05, 0.1) is 6.42 Å². The van der Waals surface area contributed by atoms with Crippen molar-refractivity contribution in [1.29, 1.82) is 0 Å². The van der Waals surface area contributed by atoms with Crippen molar-refractivity contribution in [3.8, 4) is 0 Å². The summed E-state index contributed by atoms with van der Waals surface area (Å²) < 4.78 is 134. The Labute approximate surface area is 120 Å². The van der Waals surface area contributed by atoms with Gasteiger partial charge in [-0.25, -0.2) is 4.39 Å². The molecule has 134 valence electrons. The lowest BCUT2D eigenvalue weighted by atomic mass is 10.1. The van der Waals surface area contributed by atoms with Crippen LogP contribution in [-0.2, 0) is 14.9 Å². The Morgan fingerprint density at radius 2 is 1.55 bits per heavy atom. The van der Waals surface area contributed by atoms with Gasteiger partial charge in [0.1, 0.15) is 0 Å². The molecule has 0 aliphatic heterocycles. The molecule has 0 rings (SSSR count). The molecule has 22 heavy (non-hydrogen) atoms. The molecule has 0 aliphatic rings. The summed E-state index contributed by atoms with van der Waals surface area (Å²) in [5, 5.41) is 0. The number of ether oxygens (including phenoxy) is 1. The summed E-state index contributed by atoms with van der Waals surface area (Å²) in [4.78, 5) is 0. The summed E-state index contributed by atoms with van der Waals surface area (Å²) >= 11 is 0. The van der Waals surface area contributed by atoms with E-state index in [1.807, 2.05) is 0 Å². The van der Waals surface area contributed by atoms with Crippen LogP contribution in [0, 0.1) is 0 Å². The first-order valence-corrected chi connectivity index (χ1v) is 7.15. The molecule has 0 aliphatic carbocycles. The average molecular weight is 368 g/mol. The van der Waals surface area contributed by atoms with Gasteiger partial charge in [-0.3, -0.25) is 9.29 Å². The van der Waals surface area contributed by atoms with Gasteiger partial charge in [0, 0.05) is 0 Å². The molecule has 0 aromatic rings. The van der Waals surface area contributed by atoms with E-state index in [1.165, 1.54) is 6.92 Å². The fourth-order valence-corrected chi connectivity index (χ4v) is 2.04. The van der Waals surface area contributed by atoms with Crippen molar-refractivity contribution in [3.63, 3.8) is 0 Å². The van der Waals surface area contributed by atoms with E-state index in [-0.39, 0.29) is 6.42 Å². The lowest BCUT2D eigenvalue weighted by molar-refractivity contribution is -0.371. The normalized spacial score (nSPS) is 17.4. The van der Waals surface area contributed by atoms with Gasteiger partial charge in [-0.15, -0.1) is 0 Å². The van der Waals surface area contributed by atoms with Crippen LogP contribution in [0.15, 0.2) is 0 Å². The van der Waals surface area contributed by atoms with E-state index in [0.717, 1.165) is 0 Å². The standard InChI is InChI=1S/C9H12F8O4S/c1-2-3-6(22(18,19)20)21-9(16,17)8(14,15)5(10)4-7(11,12)13/h5-6H,2-4H2,1H3,(H,18,19,20). The Morgan fingerprint density at radius 3 is 1.86 bits per heavy atom. The van der Waals surface area contributed by atoms with Crippen LogP contribution in [0.2, 0.25) is 0 Å². The Hall–Kier alpha value is -0.690. The third-order valence-corrected chi connectivity index (χ3v) is 3.32. The summed E-state index contributed by atoms with van der Waals surface area (Å²) in [6.45, 7) is 1.22. The van der Waals surface area contributed by atoms with Crippen LogP contribution in [-0.4, -0.2) is 42.8 Å². The lowest BCUT2D eigenvalue weighted by Gasteiger charge is -2.31. The number of rotatable bonds is 8. The molecule has 2 unspecified atom stereocenters. The first-order valence-electron chi connectivity index (χ1n) is 5.65. The molecule has 0 heterocycles. The van der Waals surface area contributed by atoms with Crippen LogP contribution in [0.1, 0.15) is 26.2 Å². The molecule has 2 atom stereocenters. The molecular weight excluding hydrogens is 356 g/mol. The quantitative estimate of drug-likeness (QED) is 0.526. The zero-order valence-corrected chi connectivity index (χ0v) is 11.7. The summed E-state index contributed by atoms with van der Waals surface area (Å²) in [7, 11) is -5.36. The fraction of sp³-hybridized carbons (Fsp3) is 1.00. The Bertz CT molecular complexity index is 461. The van der Waals surface area contributed by atoms with E-state index in [2.05, 4.69) is 4.74 Å².